The number of hydrogen-bond acceptors (Lipinski definition) is 6. The van der Waals surface area contributed by atoms with E-state index in [-0.39, 0.29) is 25.0 Å². The number of benzene rings is 2. The van der Waals surface area contributed by atoms with Gasteiger partial charge in [0.2, 0.25) is 0 Å². The van der Waals surface area contributed by atoms with Crippen molar-refractivity contribution in [1.82, 2.24) is 19.5 Å². The first-order valence-corrected chi connectivity index (χ1v) is 13.6. The second-order valence-electron chi connectivity index (χ2n) is 11.0. The molecule has 3 atom stereocenters. The molecule has 2 aromatic carbocycles. The van der Waals surface area contributed by atoms with Gasteiger partial charge in [-0.1, -0.05) is 24.3 Å². The van der Waals surface area contributed by atoms with Gasteiger partial charge in [-0.25, -0.2) is 13.9 Å². The SMILES string of the molecule is C[C@@H]1c2ccccc2CCN1C(=O)c1cc(C2CC2)n2nc(-c3ccc(N4C[C@@H](O)[C@@H](O)C4)cc3F)cc2n1. The fourth-order valence-electron chi connectivity index (χ4n) is 5.99. The van der Waals surface area contributed by atoms with E-state index in [1.54, 1.807) is 27.6 Å². The molecule has 0 unspecified atom stereocenters. The second kappa shape index (κ2) is 9.14. The zero-order valence-electron chi connectivity index (χ0n) is 21.7. The Bertz CT molecular complexity index is 1590. The van der Waals surface area contributed by atoms with Crippen molar-refractivity contribution in [3.63, 3.8) is 0 Å². The maximum absolute atomic E-state index is 15.3. The van der Waals surface area contributed by atoms with Gasteiger partial charge in [-0.3, -0.25) is 4.79 Å². The van der Waals surface area contributed by atoms with Crippen molar-refractivity contribution in [3.05, 3.63) is 82.9 Å². The fourth-order valence-corrected chi connectivity index (χ4v) is 5.99. The highest BCUT2D eigenvalue weighted by Gasteiger charge is 2.33. The number of β-amino-alcohol motifs (C(OH)–C–C–N with tert-alkyl or cyclic N) is 2. The summed E-state index contributed by atoms with van der Waals surface area (Å²) in [5, 5.41) is 24.4. The van der Waals surface area contributed by atoms with E-state index in [9.17, 15) is 15.0 Å². The molecule has 7 rings (SSSR count). The third-order valence-electron chi connectivity index (χ3n) is 8.38. The first-order chi connectivity index (χ1) is 18.9. The van der Waals surface area contributed by atoms with Crippen LogP contribution in [-0.2, 0) is 6.42 Å². The Morgan fingerprint density at radius 2 is 1.79 bits per heavy atom. The summed E-state index contributed by atoms with van der Waals surface area (Å²) in [6.45, 7) is 3.20. The van der Waals surface area contributed by atoms with Gasteiger partial charge in [0.15, 0.2) is 5.65 Å². The molecule has 1 amide bonds. The molecular weight excluding hydrogens is 497 g/mol. The molecule has 1 saturated heterocycles. The van der Waals surface area contributed by atoms with Gasteiger partial charge in [-0.05, 0) is 61.6 Å². The summed E-state index contributed by atoms with van der Waals surface area (Å²) in [5.74, 6) is -0.249. The van der Waals surface area contributed by atoms with Gasteiger partial charge in [0.1, 0.15) is 11.5 Å². The quantitative estimate of drug-likeness (QED) is 0.420. The van der Waals surface area contributed by atoms with Crippen LogP contribution in [-0.4, -0.2) is 67.5 Å². The average Bonchev–Trinajstić information content (AvgIpc) is 3.61. The molecule has 0 bridgehead atoms. The van der Waals surface area contributed by atoms with E-state index in [1.807, 2.05) is 23.1 Å². The van der Waals surface area contributed by atoms with Gasteiger partial charge < -0.3 is 20.0 Å². The number of aliphatic hydroxyl groups excluding tert-OH is 2. The molecule has 2 aliphatic heterocycles. The number of nitrogens with zero attached hydrogens (tertiary/aromatic N) is 5. The molecule has 0 spiro atoms. The molecule has 39 heavy (non-hydrogen) atoms. The largest absolute Gasteiger partial charge is 0.389 e. The number of carbonyl (C=O) groups excluding carboxylic acids is 1. The van der Waals surface area contributed by atoms with Gasteiger partial charge in [0.25, 0.3) is 5.91 Å². The van der Waals surface area contributed by atoms with Crippen LogP contribution in [0.5, 0.6) is 0 Å². The molecule has 8 nitrogen and oxygen atoms in total. The zero-order valence-corrected chi connectivity index (χ0v) is 21.7. The summed E-state index contributed by atoms with van der Waals surface area (Å²) >= 11 is 0. The minimum absolute atomic E-state index is 0.0456. The first-order valence-electron chi connectivity index (χ1n) is 13.6. The maximum atomic E-state index is 15.3. The molecule has 1 saturated carbocycles. The van der Waals surface area contributed by atoms with Crippen LogP contribution in [0.1, 0.15) is 59.0 Å². The topological polar surface area (TPSA) is 94.2 Å². The summed E-state index contributed by atoms with van der Waals surface area (Å²) in [7, 11) is 0. The first kappa shape index (κ1) is 24.2. The normalized spacial score (nSPS) is 22.9. The zero-order chi connectivity index (χ0) is 26.8. The maximum Gasteiger partial charge on any atom is 0.273 e. The van der Waals surface area contributed by atoms with Crippen LogP contribution in [0.25, 0.3) is 16.9 Å². The molecule has 0 radical (unpaired) electrons. The third-order valence-corrected chi connectivity index (χ3v) is 8.38. The lowest BCUT2D eigenvalue weighted by Gasteiger charge is -2.35. The Balaban J connectivity index is 1.22. The number of aromatic nitrogens is 3. The van der Waals surface area contributed by atoms with Crippen molar-refractivity contribution < 1.29 is 19.4 Å². The number of fused-ring (bicyclic) bond motifs is 2. The molecule has 9 heteroatoms. The predicted octanol–water partition coefficient (Wildman–Crippen LogP) is 3.71. The van der Waals surface area contributed by atoms with Crippen LogP contribution in [0.4, 0.5) is 10.1 Å². The van der Waals surface area contributed by atoms with Crippen molar-refractivity contribution in [3.8, 4) is 11.3 Å². The van der Waals surface area contributed by atoms with Crippen LogP contribution < -0.4 is 4.90 Å². The molecule has 2 aromatic heterocycles. The molecule has 3 aliphatic rings. The number of hydrogen-bond donors (Lipinski definition) is 2. The average molecular weight is 528 g/mol. The van der Waals surface area contributed by atoms with Crippen LogP contribution in [0, 0.1) is 5.82 Å². The summed E-state index contributed by atoms with van der Waals surface area (Å²) in [6, 6.07) is 16.7. The molecule has 2 fully saturated rings. The number of halogens is 1. The lowest BCUT2D eigenvalue weighted by Crippen LogP contribution is -2.39. The molecule has 2 N–H and O–H groups in total. The number of rotatable bonds is 4. The van der Waals surface area contributed by atoms with E-state index in [4.69, 9.17) is 10.1 Å². The van der Waals surface area contributed by atoms with E-state index in [0.717, 1.165) is 25.0 Å². The van der Waals surface area contributed by atoms with Gasteiger partial charge in [-0.2, -0.15) is 5.10 Å². The summed E-state index contributed by atoms with van der Waals surface area (Å²) in [5.41, 5.74) is 5.67. The highest BCUT2D eigenvalue weighted by molar-refractivity contribution is 5.93. The monoisotopic (exact) mass is 527 g/mol. The fraction of sp³-hybridized carbons (Fsp3) is 0.367. The minimum atomic E-state index is -0.849. The van der Waals surface area contributed by atoms with Crippen LogP contribution in [0.15, 0.2) is 54.6 Å². The van der Waals surface area contributed by atoms with E-state index >= 15 is 4.39 Å². The molecule has 4 heterocycles. The lowest BCUT2D eigenvalue weighted by atomic mass is 9.93. The minimum Gasteiger partial charge on any atom is -0.389 e. The Morgan fingerprint density at radius 1 is 1.03 bits per heavy atom. The number of anilines is 1. The van der Waals surface area contributed by atoms with Crippen molar-refractivity contribution >= 4 is 17.2 Å². The number of carbonyl (C=O) groups is 1. The van der Waals surface area contributed by atoms with Gasteiger partial charge in [0, 0.05) is 48.6 Å². The standard InChI is InChI=1S/C30H30FN5O3/c1-17-21-5-3-2-4-18(21)10-11-35(17)30(39)25-13-26(19-6-7-19)36-29(32-25)14-24(33-36)22-9-8-20(12-23(22)31)34-15-27(37)28(38)16-34/h2-5,8-9,12-14,17,19,27-28,37-38H,6-7,10-11,15-16H2,1H3/t17-,27-,28+/m1/s1. The molecule has 1 aliphatic carbocycles. The van der Waals surface area contributed by atoms with E-state index in [2.05, 4.69) is 19.1 Å². The van der Waals surface area contributed by atoms with E-state index < -0.39 is 18.0 Å². The van der Waals surface area contributed by atoms with Crippen LogP contribution >= 0.6 is 0 Å². The van der Waals surface area contributed by atoms with Gasteiger partial charge in [0.05, 0.1) is 23.9 Å². The number of aliphatic hydroxyl groups is 2. The Labute approximate surface area is 225 Å². The Morgan fingerprint density at radius 3 is 2.54 bits per heavy atom. The summed E-state index contributed by atoms with van der Waals surface area (Å²) in [4.78, 5) is 22.1. The smallest absolute Gasteiger partial charge is 0.273 e. The van der Waals surface area contributed by atoms with Crippen molar-refractivity contribution in [2.75, 3.05) is 24.5 Å². The molecule has 4 aromatic rings. The highest BCUT2D eigenvalue weighted by atomic mass is 19.1. The van der Waals surface area contributed by atoms with E-state index in [1.165, 1.54) is 17.2 Å². The van der Waals surface area contributed by atoms with Crippen LogP contribution in [0.3, 0.4) is 0 Å². The van der Waals surface area contributed by atoms with Crippen molar-refractivity contribution in [2.24, 2.45) is 0 Å². The van der Waals surface area contributed by atoms with Gasteiger partial charge >= 0.3 is 0 Å². The van der Waals surface area contributed by atoms with Gasteiger partial charge in [-0.15, -0.1) is 0 Å². The second-order valence-corrected chi connectivity index (χ2v) is 11.0. The van der Waals surface area contributed by atoms with Crippen molar-refractivity contribution in [1.29, 1.82) is 0 Å². The highest BCUT2D eigenvalue weighted by Crippen LogP contribution is 2.41. The Hall–Kier alpha value is -3.82. The lowest BCUT2D eigenvalue weighted by molar-refractivity contribution is 0.0572. The summed E-state index contributed by atoms with van der Waals surface area (Å²) in [6.07, 6.45) is 1.15. The molecule has 200 valence electrons. The summed E-state index contributed by atoms with van der Waals surface area (Å²) < 4.78 is 17.1. The Kier molecular flexibility index (Phi) is 5.68. The predicted molar refractivity (Wildman–Crippen MR) is 144 cm³/mol. The van der Waals surface area contributed by atoms with Crippen LogP contribution in [0.2, 0.25) is 0 Å². The van der Waals surface area contributed by atoms with Crippen molar-refractivity contribution in [2.45, 2.75) is 50.4 Å². The van der Waals surface area contributed by atoms with E-state index in [0.29, 0.717) is 40.7 Å². The number of amides is 1. The molecular formula is C30H30FN5O3. The third kappa shape index (κ3) is 4.17.